The molecule has 0 saturated carbocycles. The van der Waals surface area contributed by atoms with Crippen LogP contribution in [0.15, 0.2) is 103 Å². The summed E-state index contributed by atoms with van der Waals surface area (Å²) in [6.45, 7) is 3.10. The van der Waals surface area contributed by atoms with E-state index in [9.17, 15) is 4.79 Å². The zero-order chi connectivity index (χ0) is 23.6. The molecule has 1 amide bonds. The van der Waals surface area contributed by atoms with Crippen molar-refractivity contribution in [1.29, 1.82) is 0 Å². The molecule has 0 N–H and O–H groups in total. The first-order valence-corrected chi connectivity index (χ1v) is 12.5. The number of likely N-dealkylation sites (tertiary alicyclic amines) is 1. The quantitative estimate of drug-likeness (QED) is 0.248. The first kappa shape index (κ1) is 23.8. The Morgan fingerprint density at radius 2 is 1.50 bits per heavy atom. The SMILES string of the molecule is CCCCC/C=C\C1CC(c2ccccc2)(c2ccccc2)CN1C(=O)OCc1ccccc1. The highest BCUT2D eigenvalue weighted by Crippen LogP contribution is 2.44. The van der Waals surface area contributed by atoms with Crippen LogP contribution in [0.25, 0.3) is 0 Å². The predicted molar refractivity (Wildman–Crippen MR) is 139 cm³/mol. The summed E-state index contributed by atoms with van der Waals surface area (Å²) in [7, 11) is 0. The van der Waals surface area contributed by atoms with Crippen molar-refractivity contribution in [3.63, 3.8) is 0 Å². The molecule has 34 heavy (non-hydrogen) atoms. The third-order valence-electron chi connectivity index (χ3n) is 6.82. The van der Waals surface area contributed by atoms with Crippen molar-refractivity contribution in [2.75, 3.05) is 6.54 Å². The number of amides is 1. The van der Waals surface area contributed by atoms with Crippen molar-refractivity contribution < 1.29 is 9.53 Å². The van der Waals surface area contributed by atoms with Gasteiger partial charge >= 0.3 is 6.09 Å². The summed E-state index contributed by atoms with van der Waals surface area (Å²) in [5.74, 6) is 0. The fourth-order valence-electron chi connectivity index (χ4n) is 4.98. The number of nitrogens with zero attached hydrogens (tertiary/aromatic N) is 1. The van der Waals surface area contributed by atoms with Gasteiger partial charge in [0, 0.05) is 12.0 Å². The van der Waals surface area contributed by atoms with Gasteiger partial charge in [0.05, 0.1) is 6.04 Å². The molecule has 176 valence electrons. The molecule has 0 radical (unpaired) electrons. The lowest BCUT2D eigenvalue weighted by molar-refractivity contribution is 0.0963. The van der Waals surface area contributed by atoms with E-state index in [0.29, 0.717) is 6.54 Å². The summed E-state index contributed by atoms with van der Waals surface area (Å²) < 4.78 is 5.81. The Balaban J connectivity index is 1.62. The summed E-state index contributed by atoms with van der Waals surface area (Å²) >= 11 is 0. The van der Waals surface area contributed by atoms with Crippen molar-refractivity contribution in [3.05, 3.63) is 120 Å². The van der Waals surface area contributed by atoms with Crippen LogP contribution in [0.3, 0.4) is 0 Å². The largest absolute Gasteiger partial charge is 0.445 e. The van der Waals surface area contributed by atoms with E-state index >= 15 is 0 Å². The first-order chi connectivity index (χ1) is 16.7. The van der Waals surface area contributed by atoms with Crippen molar-refractivity contribution in [2.24, 2.45) is 0 Å². The second-order valence-corrected chi connectivity index (χ2v) is 9.18. The Morgan fingerprint density at radius 1 is 0.912 bits per heavy atom. The Bertz CT molecular complexity index is 1010. The van der Waals surface area contributed by atoms with Crippen LogP contribution in [0.4, 0.5) is 4.79 Å². The monoisotopic (exact) mass is 453 g/mol. The van der Waals surface area contributed by atoms with E-state index in [-0.39, 0.29) is 24.2 Å². The minimum absolute atomic E-state index is 0.00897. The number of rotatable bonds is 9. The molecule has 3 heteroatoms. The van der Waals surface area contributed by atoms with Gasteiger partial charge in [-0.2, -0.15) is 0 Å². The molecule has 3 aromatic rings. The number of hydrogen-bond donors (Lipinski definition) is 0. The fourth-order valence-corrected chi connectivity index (χ4v) is 4.98. The highest BCUT2D eigenvalue weighted by atomic mass is 16.6. The van der Waals surface area contributed by atoms with E-state index in [1.165, 1.54) is 30.4 Å². The maximum absolute atomic E-state index is 13.4. The zero-order valence-corrected chi connectivity index (χ0v) is 20.1. The van der Waals surface area contributed by atoms with Gasteiger partial charge in [0.1, 0.15) is 6.61 Å². The molecule has 0 aromatic heterocycles. The van der Waals surface area contributed by atoms with Crippen molar-refractivity contribution in [2.45, 2.75) is 57.1 Å². The second-order valence-electron chi connectivity index (χ2n) is 9.18. The number of benzene rings is 3. The first-order valence-electron chi connectivity index (χ1n) is 12.5. The topological polar surface area (TPSA) is 29.5 Å². The molecular weight excluding hydrogens is 418 g/mol. The van der Waals surface area contributed by atoms with E-state index in [1.807, 2.05) is 47.4 Å². The molecule has 3 nitrogen and oxygen atoms in total. The lowest BCUT2D eigenvalue weighted by Gasteiger charge is -2.30. The Labute approximate surface area is 204 Å². The molecule has 1 atom stereocenters. The second kappa shape index (κ2) is 11.7. The Hall–Kier alpha value is -3.33. The number of carbonyl (C=O) groups is 1. The minimum atomic E-state index is -0.271. The molecule has 0 spiro atoms. The summed E-state index contributed by atoms with van der Waals surface area (Å²) in [5, 5.41) is 0. The van der Waals surface area contributed by atoms with Crippen LogP contribution in [-0.2, 0) is 16.8 Å². The van der Waals surface area contributed by atoms with E-state index in [0.717, 1.165) is 18.4 Å². The van der Waals surface area contributed by atoms with Crippen LogP contribution in [0, 0.1) is 0 Å². The van der Waals surface area contributed by atoms with Crippen LogP contribution >= 0.6 is 0 Å². The molecule has 1 saturated heterocycles. The number of ether oxygens (including phenoxy) is 1. The Morgan fingerprint density at radius 3 is 2.09 bits per heavy atom. The van der Waals surface area contributed by atoms with Crippen LogP contribution in [-0.4, -0.2) is 23.6 Å². The number of hydrogen-bond acceptors (Lipinski definition) is 2. The standard InChI is InChI=1S/C31H35NO2/c1-2-3-4-5-15-22-29-23-31(27-18-11-7-12-19-27,28-20-13-8-14-21-28)25-32(29)30(33)34-24-26-16-9-6-10-17-26/h6-22,29H,2-5,23-25H2,1H3/b22-15-. The third-order valence-corrected chi connectivity index (χ3v) is 6.82. The van der Waals surface area contributed by atoms with Gasteiger partial charge in [0.2, 0.25) is 0 Å². The minimum Gasteiger partial charge on any atom is -0.445 e. The summed E-state index contributed by atoms with van der Waals surface area (Å²) in [5.41, 5.74) is 3.21. The van der Waals surface area contributed by atoms with Crippen molar-refractivity contribution in [1.82, 2.24) is 4.90 Å². The summed E-state index contributed by atoms with van der Waals surface area (Å²) in [4.78, 5) is 15.3. The van der Waals surface area contributed by atoms with E-state index in [2.05, 4.69) is 67.6 Å². The van der Waals surface area contributed by atoms with Gasteiger partial charge in [-0.15, -0.1) is 0 Å². The lowest BCUT2D eigenvalue weighted by atomic mass is 9.73. The zero-order valence-electron chi connectivity index (χ0n) is 20.1. The predicted octanol–water partition coefficient (Wildman–Crippen LogP) is 7.52. The maximum Gasteiger partial charge on any atom is 0.410 e. The summed E-state index contributed by atoms with van der Waals surface area (Å²) in [6.07, 6.45) is 9.74. The molecule has 1 aliphatic rings. The van der Waals surface area contributed by atoms with Crippen LogP contribution in [0.2, 0.25) is 0 Å². The molecule has 1 fully saturated rings. The fraction of sp³-hybridized carbons (Fsp3) is 0.323. The van der Waals surface area contributed by atoms with Gasteiger partial charge in [-0.05, 0) is 36.0 Å². The highest BCUT2D eigenvalue weighted by Gasteiger charge is 2.47. The van der Waals surface area contributed by atoms with Crippen molar-refractivity contribution in [3.8, 4) is 0 Å². The normalized spacial score (nSPS) is 17.2. The number of allylic oxidation sites excluding steroid dienone is 1. The molecule has 1 heterocycles. The Kier molecular flexibility index (Phi) is 8.19. The van der Waals surface area contributed by atoms with Crippen LogP contribution in [0.5, 0.6) is 0 Å². The van der Waals surface area contributed by atoms with Gasteiger partial charge in [-0.25, -0.2) is 4.79 Å². The number of carbonyl (C=O) groups excluding carboxylic acids is 1. The molecule has 1 aliphatic heterocycles. The molecular formula is C31H35NO2. The van der Waals surface area contributed by atoms with E-state index < -0.39 is 0 Å². The third kappa shape index (κ3) is 5.59. The molecule has 0 aliphatic carbocycles. The van der Waals surface area contributed by atoms with Gasteiger partial charge in [-0.1, -0.05) is 123 Å². The molecule has 1 unspecified atom stereocenters. The van der Waals surface area contributed by atoms with Crippen LogP contribution in [0.1, 0.15) is 55.7 Å². The average molecular weight is 454 g/mol. The maximum atomic E-state index is 13.4. The highest BCUT2D eigenvalue weighted by molar-refractivity contribution is 5.70. The average Bonchev–Trinajstić information content (AvgIpc) is 3.30. The smallest absolute Gasteiger partial charge is 0.410 e. The number of unbranched alkanes of at least 4 members (excludes halogenated alkanes) is 3. The van der Waals surface area contributed by atoms with Crippen LogP contribution < -0.4 is 0 Å². The summed E-state index contributed by atoms with van der Waals surface area (Å²) in [6, 6.07) is 31.1. The van der Waals surface area contributed by atoms with Gasteiger partial charge in [0.15, 0.2) is 0 Å². The molecule has 3 aromatic carbocycles. The van der Waals surface area contributed by atoms with Gasteiger partial charge in [-0.3, -0.25) is 0 Å². The van der Waals surface area contributed by atoms with E-state index in [4.69, 9.17) is 4.74 Å². The lowest BCUT2D eigenvalue weighted by Crippen LogP contribution is -2.37. The molecule has 0 bridgehead atoms. The van der Waals surface area contributed by atoms with Gasteiger partial charge in [0.25, 0.3) is 0 Å². The van der Waals surface area contributed by atoms with Gasteiger partial charge < -0.3 is 9.64 Å². The van der Waals surface area contributed by atoms with E-state index in [1.54, 1.807) is 0 Å². The molecule has 4 rings (SSSR count). The van der Waals surface area contributed by atoms with Crippen molar-refractivity contribution >= 4 is 6.09 Å².